The molecular formula is C13H16N4O2. The highest BCUT2D eigenvalue weighted by Crippen LogP contribution is 2.12. The summed E-state index contributed by atoms with van der Waals surface area (Å²) >= 11 is 0. The lowest BCUT2D eigenvalue weighted by Gasteiger charge is -2.08. The summed E-state index contributed by atoms with van der Waals surface area (Å²) in [4.78, 5) is 23.6. The van der Waals surface area contributed by atoms with Gasteiger partial charge in [-0.25, -0.2) is 0 Å². The van der Waals surface area contributed by atoms with Crippen LogP contribution in [0.3, 0.4) is 0 Å². The monoisotopic (exact) mass is 260 g/mol. The van der Waals surface area contributed by atoms with E-state index in [0.29, 0.717) is 23.5 Å². The zero-order valence-corrected chi connectivity index (χ0v) is 11.2. The van der Waals surface area contributed by atoms with Gasteiger partial charge in [-0.3, -0.25) is 14.7 Å². The van der Waals surface area contributed by atoms with Gasteiger partial charge in [0, 0.05) is 24.5 Å². The smallest absolute Gasteiger partial charge is 0.259 e. The highest BCUT2D eigenvalue weighted by Gasteiger charge is 2.15. The van der Waals surface area contributed by atoms with Crippen LogP contribution in [0, 0.1) is 13.8 Å². The van der Waals surface area contributed by atoms with Crippen LogP contribution in [0.15, 0.2) is 23.1 Å². The minimum absolute atomic E-state index is 0.0869. The van der Waals surface area contributed by atoms with E-state index in [0.717, 1.165) is 5.69 Å². The molecule has 0 atom stereocenters. The number of rotatable bonds is 3. The normalized spacial score (nSPS) is 10.5. The van der Waals surface area contributed by atoms with Gasteiger partial charge in [-0.2, -0.15) is 5.10 Å². The second-order valence-corrected chi connectivity index (χ2v) is 4.31. The molecule has 1 amide bonds. The molecule has 100 valence electrons. The van der Waals surface area contributed by atoms with E-state index in [1.54, 1.807) is 26.1 Å². The summed E-state index contributed by atoms with van der Waals surface area (Å²) in [5.74, 6) is -0.231. The molecule has 0 fully saturated rings. The number of aromatic nitrogens is 3. The Morgan fingerprint density at radius 1 is 1.42 bits per heavy atom. The average molecular weight is 260 g/mol. The van der Waals surface area contributed by atoms with Crippen molar-refractivity contribution in [2.45, 2.75) is 27.3 Å². The molecule has 6 heteroatoms. The molecule has 0 radical (unpaired) electrons. The molecule has 0 saturated heterocycles. The number of aryl methyl sites for hydroxylation is 3. The van der Waals surface area contributed by atoms with Gasteiger partial charge in [0.15, 0.2) is 0 Å². The van der Waals surface area contributed by atoms with Crippen molar-refractivity contribution in [2.75, 3.05) is 5.32 Å². The molecule has 19 heavy (non-hydrogen) atoms. The Morgan fingerprint density at radius 2 is 2.16 bits per heavy atom. The molecular weight excluding hydrogens is 244 g/mol. The Bertz CT molecular complexity index is 650. The van der Waals surface area contributed by atoms with E-state index >= 15 is 0 Å². The fourth-order valence-corrected chi connectivity index (χ4v) is 1.93. The van der Waals surface area contributed by atoms with Crippen molar-refractivity contribution in [1.82, 2.24) is 14.8 Å². The van der Waals surface area contributed by atoms with E-state index in [1.807, 2.05) is 6.92 Å². The molecule has 2 heterocycles. The van der Waals surface area contributed by atoms with Gasteiger partial charge in [-0.05, 0) is 26.8 Å². The lowest BCUT2D eigenvalue weighted by molar-refractivity contribution is 0.102. The summed E-state index contributed by atoms with van der Waals surface area (Å²) < 4.78 is 1.53. The topological polar surface area (TPSA) is 79.8 Å². The number of nitrogens with zero attached hydrogens (tertiary/aromatic N) is 2. The van der Waals surface area contributed by atoms with Crippen molar-refractivity contribution in [3.8, 4) is 0 Å². The predicted octanol–water partition coefficient (Wildman–Crippen LogP) is 1.46. The molecule has 0 aliphatic rings. The summed E-state index contributed by atoms with van der Waals surface area (Å²) in [6.45, 7) is 6.00. The van der Waals surface area contributed by atoms with Gasteiger partial charge in [0.2, 0.25) is 0 Å². The largest absolute Gasteiger partial charge is 0.321 e. The summed E-state index contributed by atoms with van der Waals surface area (Å²) in [5, 5.41) is 9.52. The number of pyridine rings is 1. The molecule has 2 rings (SSSR count). The van der Waals surface area contributed by atoms with Gasteiger partial charge in [0.1, 0.15) is 0 Å². The van der Waals surface area contributed by atoms with Crippen molar-refractivity contribution in [1.29, 1.82) is 0 Å². The maximum Gasteiger partial charge on any atom is 0.259 e. The average Bonchev–Trinajstić information content (AvgIpc) is 2.71. The molecule has 2 aromatic heterocycles. The molecule has 2 N–H and O–H groups in total. The van der Waals surface area contributed by atoms with E-state index in [1.165, 1.54) is 10.6 Å². The maximum atomic E-state index is 12.1. The van der Waals surface area contributed by atoms with Gasteiger partial charge in [0.25, 0.3) is 11.5 Å². The highest BCUT2D eigenvalue weighted by atomic mass is 16.2. The van der Waals surface area contributed by atoms with Gasteiger partial charge in [0.05, 0.1) is 16.9 Å². The van der Waals surface area contributed by atoms with Crippen molar-refractivity contribution in [3.05, 3.63) is 45.6 Å². The second kappa shape index (κ2) is 5.09. The van der Waals surface area contributed by atoms with Crippen molar-refractivity contribution < 1.29 is 4.79 Å². The molecule has 0 aromatic carbocycles. The number of H-pyrrole nitrogens is 1. The Kier molecular flexibility index (Phi) is 3.50. The van der Waals surface area contributed by atoms with Gasteiger partial charge in [-0.1, -0.05) is 0 Å². The van der Waals surface area contributed by atoms with E-state index in [2.05, 4.69) is 15.5 Å². The number of amides is 1. The molecule has 0 aliphatic carbocycles. The van der Waals surface area contributed by atoms with Crippen molar-refractivity contribution >= 4 is 11.6 Å². The first-order chi connectivity index (χ1) is 9.02. The van der Waals surface area contributed by atoms with Crippen LogP contribution in [0.2, 0.25) is 0 Å². The molecule has 0 aliphatic heterocycles. The Balaban J connectivity index is 2.27. The molecule has 0 unspecified atom stereocenters. The van der Waals surface area contributed by atoms with Crippen molar-refractivity contribution in [2.24, 2.45) is 0 Å². The molecule has 2 aromatic rings. The quantitative estimate of drug-likeness (QED) is 0.876. The number of hydrogen-bond donors (Lipinski definition) is 2. The molecule has 6 nitrogen and oxygen atoms in total. The van der Waals surface area contributed by atoms with Crippen LogP contribution in [-0.4, -0.2) is 20.7 Å². The molecule has 0 bridgehead atoms. The summed E-state index contributed by atoms with van der Waals surface area (Å²) in [7, 11) is 0. The van der Waals surface area contributed by atoms with E-state index in [9.17, 15) is 9.59 Å². The van der Waals surface area contributed by atoms with Gasteiger partial charge < -0.3 is 9.88 Å². The third-order valence-electron chi connectivity index (χ3n) is 2.94. The van der Waals surface area contributed by atoms with E-state index in [4.69, 9.17) is 0 Å². The van der Waals surface area contributed by atoms with E-state index < -0.39 is 0 Å². The summed E-state index contributed by atoms with van der Waals surface area (Å²) in [6.07, 6.45) is 1.63. The number of carbonyl (C=O) groups excluding carboxylic acids is 1. The summed E-state index contributed by atoms with van der Waals surface area (Å²) in [5.41, 5.74) is 2.41. The number of aromatic amines is 1. The minimum atomic E-state index is -0.231. The first-order valence-electron chi connectivity index (χ1n) is 6.06. The number of hydrogen-bond acceptors (Lipinski definition) is 3. The van der Waals surface area contributed by atoms with Crippen LogP contribution >= 0.6 is 0 Å². The Labute approximate surface area is 110 Å². The number of anilines is 1. The number of nitrogens with one attached hydrogen (secondary N) is 2. The van der Waals surface area contributed by atoms with Gasteiger partial charge in [-0.15, -0.1) is 0 Å². The van der Waals surface area contributed by atoms with Crippen LogP contribution in [0.1, 0.15) is 28.7 Å². The van der Waals surface area contributed by atoms with Crippen LogP contribution in [0.5, 0.6) is 0 Å². The Hall–Kier alpha value is -2.37. The fourth-order valence-electron chi connectivity index (χ4n) is 1.93. The zero-order valence-electron chi connectivity index (χ0n) is 11.2. The fraction of sp³-hybridized carbons (Fsp3) is 0.308. The van der Waals surface area contributed by atoms with Crippen LogP contribution in [-0.2, 0) is 6.54 Å². The summed E-state index contributed by atoms with van der Waals surface area (Å²) in [6, 6.07) is 3.03. The predicted molar refractivity (Wildman–Crippen MR) is 72.4 cm³/mol. The molecule has 0 saturated carbocycles. The SMILES string of the molecule is CCn1cc(NC(=O)c2c(C)n[nH]c2C)ccc1=O. The zero-order chi connectivity index (χ0) is 14.0. The van der Waals surface area contributed by atoms with Crippen LogP contribution < -0.4 is 10.9 Å². The highest BCUT2D eigenvalue weighted by molar-refractivity contribution is 6.05. The Morgan fingerprint density at radius 3 is 2.74 bits per heavy atom. The first kappa shape index (κ1) is 13.1. The standard InChI is InChI=1S/C13H16N4O2/c1-4-17-7-10(5-6-11(17)18)14-13(19)12-8(2)15-16-9(12)3/h5-7H,4H2,1-3H3,(H,14,19)(H,15,16). The van der Waals surface area contributed by atoms with Crippen LogP contribution in [0.25, 0.3) is 0 Å². The van der Waals surface area contributed by atoms with Crippen molar-refractivity contribution in [3.63, 3.8) is 0 Å². The minimum Gasteiger partial charge on any atom is -0.321 e. The number of carbonyl (C=O) groups is 1. The molecule has 0 spiro atoms. The lowest BCUT2D eigenvalue weighted by Crippen LogP contribution is -2.20. The van der Waals surface area contributed by atoms with Crippen LogP contribution in [0.4, 0.5) is 5.69 Å². The first-order valence-corrected chi connectivity index (χ1v) is 6.06. The second-order valence-electron chi connectivity index (χ2n) is 4.31. The van der Waals surface area contributed by atoms with E-state index in [-0.39, 0.29) is 11.5 Å². The third-order valence-corrected chi connectivity index (χ3v) is 2.94. The third kappa shape index (κ3) is 2.57. The lowest BCUT2D eigenvalue weighted by atomic mass is 10.2. The van der Waals surface area contributed by atoms with Gasteiger partial charge >= 0.3 is 0 Å². The maximum absolute atomic E-state index is 12.1.